The first kappa shape index (κ1) is 14.7. The van der Waals surface area contributed by atoms with Crippen molar-refractivity contribution in [2.75, 3.05) is 17.3 Å². The quantitative estimate of drug-likeness (QED) is 0.834. The SMILES string of the molecule is C=C(Nc1ccc2c(c1)CC(=C)N2C)c1cc(C)ccc1Cl. The van der Waals surface area contributed by atoms with Crippen LogP contribution in [0.4, 0.5) is 11.4 Å². The molecule has 0 aromatic heterocycles. The predicted molar refractivity (Wildman–Crippen MR) is 96.5 cm³/mol. The van der Waals surface area contributed by atoms with E-state index in [0.717, 1.165) is 34.6 Å². The maximum atomic E-state index is 6.27. The second kappa shape index (κ2) is 5.54. The maximum Gasteiger partial charge on any atom is 0.0499 e. The molecule has 0 amide bonds. The lowest BCUT2D eigenvalue weighted by Crippen LogP contribution is -2.09. The molecule has 112 valence electrons. The molecule has 2 aromatic rings. The summed E-state index contributed by atoms with van der Waals surface area (Å²) in [4.78, 5) is 2.13. The molecule has 0 saturated heterocycles. The molecule has 2 nitrogen and oxygen atoms in total. The van der Waals surface area contributed by atoms with Crippen molar-refractivity contribution >= 4 is 28.7 Å². The van der Waals surface area contributed by atoms with Gasteiger partial charge in [0.05, 0.1) is 0 Å². The first-order valence-corrected chi connectivity index (χ1v) is 7.60. The molecule has 0 radical (unpaired) electrons. The van der Waals surface area contributed by atoms with Crippen molar-refractivity contribution in [3.8, 4) is 0 Å². The van der Waals surface area contributed by atoms with Gasteiger partial charge in [-0.1, -0.05) is 36.4 Å². The molecule has 0 aliphatic carbocycles. The summed E-state index contributed by atoms with van der Waals surface area (Å²) in [7, 11) is 2.05. The molecule has 1 aliphatic rings. The molecule has 2 aromatic carbocycles. The van der Waals surface area contributed by atoms with Crippen LogP contribution in [-0.2, 0) is 6.42 Å². The van der Waals surface area contributed by atoms with Crippen LogP contribution in [0.2, 0.25) is 5.02 Å². The molecule has 0 saturated carbocycles. The molecule has 1 aliphatic heterocycles. The molecule has 0 atom stereocenters. The number of hydrogen-bond donors (Lipinski definition) is 1. The van der Waals surface area contributed by atoms with Crippen LogP contribution < -0.4 is 10.2 Å². The first-order chi connectivity index (χ1) is 10.5. The molecule has 0 unspecified atom stereocenters. The summed E-state index contributed by atoms with van der Waals surface area (Å²) < 4.78 is 0. The van der Waals surface area contributed by atoms with Crippen molar-refractivity contribution in [2.45, 2.75) is 13.3 Å². The van der Waals surface area contributed by atoms with Gasteiger partial charge >= 0.3 is 0 Å². The highest BCUT2D eigenvalue weighted by molar-refractivity contribution is 6.32. The van der Waals surface area contributed by atoms with E-state index in [4.69, 9.17) is 11.6 Å². The lowest BCUT2D eigenvalue weighted by atomic mass is 10.1. The van der Waals surface area contributed by atoms with Gasteiger partial charge in [0.15, 0.2) is 0 Å². The summed E-state index contributed by atoms with van der Waals surface area (Å²) in [5, 5.41) is 4.06. The molecule has 0 bridgehead atoms. The minimum atomic E-state index is 0.706. The predicted octanol–water partition coefficient (Wildman–Crippen LogP) is 5.24. The molecule has 3 rings (SSSR count). The highest BCUT2D eigenvalue weighted by Crippen LogP contribution is 2.35. The zero-order valence-electron chi connectivity index (χ0n) is 12.9. The van der Waals surface area contributed by atoms with E-state index in [0.29, 0.717) is 5.02 Å². The summed E-state index contributed by atoms with van der Waals surface area (Å²) in [6.07, 6.45) is 0.888. The summed E-state index contributed by atoms with van der Waals surface area (Å²) in [5.41, 5.74) is 7.53. The smallest absolute Gasteiger partial charge is 0.0499 e. The molecule has 0 fully saturated rings. The van der Waals surface area contributed by atoms with Crippen molar-refractivity contribution in [1.82, 2.24) is 0 Å². The number of nitrogens with zero attached hydrogens (tertiary/aromatic N) is 1. The van der Waals surface area contributed by atoms with Crippen LogP contribution in [0.3, 0.4) is 0 Å². The summed E-state index contributed by atoms with van der Waals surface area (Å²) >= 11 is 6.27. The van der Waals surface area contributed by atoms with E-state index >= 15 is 0 Å². The highest BCUT2D eigenvalue weighted by atomic mass is 35.5. The number of aryl methyl sites for hydroxylation is 1. The largest absolute Gasteiger partial charge is 0.355 e. The Labute approximate surface area is 136 Å². The van der Waals surface area contributed by atoms with Crippen LogP contribution in [0.15, 0.2) is 55.3 Å². The number of hydrogen-bond acceptors (Lipinski definition) is 2. The number of rotatable bonds is 3. The molecular formula is C19H19ClN2. The van der Waals surface area contributed by atoms with Crippen molar-refractivity contribution in [1.29, 1.82) is 0 Å². The van der Waals surface area contributed by atoms with Crippen molar-refractivity contribution in [3.63, 3.8) is 0 Å². The maximum absolute atomic E-state index is 6.27. The van der Waals surface area contributed by atoms with E-state index in [-0.39, 0.29) is 0 Å². The van der Waals surface area contributed by atoms with Crippen molar-refractivity contribution in [2.24, 2.45) is 0 Å². The molecule has 1 heterocycles. The van der Waals surface area contributed by atoms with E-state index in [1.165, 1.54) is 11.3 Å². The third-order valence-corrected chi connectivity index (χ3v) is 4.38. The average Bonchev–Trinajstić information content (AvgIpc) is 2.76. The van der Waals surface area contributed by atoms with Gasteiger partial charge in [0.25, 0.3) is 0 Å². The van der Waals surface area contributed by atoms with E-state index in [1.807, 2.05) is 32.2 Å². The number of benzene rings is 2. The van der Waals surface area contributed by atoms with Gasteiger partial charge in [0, 0.05) is 46.8 Å². The average molecular weight is 311 g/mol. The van der Waals surface area contributed by atoms with E-state index in [1.54, 1.807) is 0 Å². The van der Waals surface area contributed by atoms with Crippen LogP contribution in [0, 0.1) is 6.92 Å². The normalized spacial score (nSPS) is 13.2. The van der Waals surface area contributed by atoms with Crippen molar-refractivity contribution < 1.29 is 0 Å². The van der Waals surface area contributed by atoms with Gasteiger partial charge in [-0.3, -0.25) is 0 Å². The number of anilines is 2. The van der Waals surface area contributed by atoms with Crippen LogP contribution in [0.5, 0.6) is 0 Å². The van der Waals surface area contributed by atoms with Gasteiger partial charge < -0.3 is 10.2 Å². The first-order valence-electron chi connectivity index (χ1n) is 7.22. The number of likely N-dealkylation sites (N-methyl/N-ethyl adjacent to an activating group) is 1. The molecule has 0 spiro atoms. The molecular weight excluding hydrogens is 292 g/mol. The Kier molecular flexibility index (Phi) is 3.71. The third-order valence-electron chi connectivity index (χ3n) is 4.05. The topological polar surface area (TPSA) is 15.3 Å². The number of nitrogens with one attached hydrogen (secondary N) is 1. The van der Waals surface area contributed by atoms with Gasteiger partial charge in [-0.15, -0.1) is 0 Å². The number of allylic oxidation sites excluding steroid dienone is 1. The zero-order chi connectivity index (χ0) is 15.9. The summed E-state index contributed by atoms with van der Waals surface area (Å²) in [6.45, 7) is 10.2. The minimum absolute atomic E-state index is 0.706. The van der Waals surface area contributed by atoms with E-state index in [9.17, 15) is 0 Å². The van der Waals surface area contributed by atoms with Gasteiger partial charge in [0.1, 0.15) is 0 Å². The third kappa shape index (κ3) is 2.62. The Balaban J connectivity index is 1.85. The Morgan fingerprint density at radius 1 is 1.23 bits per heavy atom. The lowest BCUT2D eigenvalue weighted by Gasteiger charge is -2.15. The van der Waals surface area contributed by atoms with Crippen LogP contribution in [0.25, 0.3) is 5.70 Å². The fourth-order valence-corrected chi connectivity index (χ4v) is 2.98. The molecule has 22 heavy (non-hydrogen) atoms. The van der Waals surface area contributed by atoms with Crippen LogP contribution in [0.1, 0.15) is 16.7 Å². The second-order valence-electron chi connectivity index (χ2n) is 5.73. The Hall–Kier alpha value is -2.19. The highest BCUT2D eigenvalue weighted by Gasteiger charge is 2.19. The minimum Gasteiger partial charge on any atom is -0.355 e. The Morgan fingerprint density at radius 3 is 2.77 bits per heavy atom. The van der Waals surface area contributed by atoms with Crippen molar-refractivity contribution in [3.05, 3.63) is 77.0 Å². The molecule has 1 N–H and O–H groups in total. The monoisotopic (exact) mass is 310 g/mol. The Morgan fingerprint density at radius 2 is 2.00 bits per heavy atom. The lowest BCUT2D eigenvalue weighted by molar-refractivity contribution is 1.11. The Bertz CT molecular complexity index is 777. The summed E-state index contributed by atoms with van der Waals surface area (Å²) in [5.74, 6) is 0. The number of fused-ring (bicyclic) bond motifs is 1. The zero-order valence-corrected chi connectivity index (χ0v) is 13.7. The van der Waals surface area contributed by atoms with E-state index < -0.39 is 0 Å². The van der Waals surface area contributed by atoms with E-state index in [2.05, 4.69) is 41.6 Å². The van der Waals surface area contributed by atoms with Gasteiger partial charge in [-0.2, -0.15) is 0 Å². The van der Waals surface area contributed by atoms with Crippen LogP contribution in [-0.4, -0.2) is 7.05 Å². The fourth-order valence-electron chi connectivity index (χ4n) is 2.75. The van der Waals surface area contributed by atoms with Gasteiger partial charge in [-0.05, 0) is 42.8 Å². The second-order valence-corrected chi connectivity index (χ2v) is 6.14. The standard InChI is InChI=1S/C19H19ClN2/c1-12-5-7-18(20)17(9-12)14(3)21-16-6-8-19-15(11-16)10-13(2)22(19)4/h5-9,11,21H,2-3,10H2,1,4H3. The van der Waals surface area contributed by atoms with Gasteiger partial charge in [-0.25, -0.2) is 0 Å². The summed E-state index contributed by atoms with van der Waals surface area (Å²) in [6, 6.07) is 12.3. The van der Waals surface area contributed by atoms with Crippen LogP contribution >= 0.6 is 11.6 Å². The van der Waals surface area contributed by atoms with Gasteiger partial charge in [0.2, 0.25) is 0 Å². The fraction of sp³-hybridized carbons (Fsp3) is 0.158. The number of halogens is 1. The molecule has 3 heteroatoms.